The van der Waals surface area contributed by atoms with Gasteiger partial charge in [0.1, 0.15) is 12.0 Å². The van der Waals surface area contributed by atoms with Crippen molar-refractivity contribution in [1.82, 2.24) is 4.90 Å². The molecule has 1 aliphatic heterocycles. The van der Waals surface area contributed by atoms with Crippen molar-refractivity contribution in [2.45, 2.75) is 13.5 Å². The Labute approximate surface area is 101 Å². The molecule has 0 aliphatic carbocycles. The summed E-state index contributed by atoms with van der Waals surface area (Å²) in [5, 5.41) is 0. The molecule has 1 fully saturated rings. The van der Waals surface area contributed by atoms with Crippen LogP contribution in [-0.4, -0.2) is 17.8 Å². The zero-order chi connectivity index (χ0) is 12.3. The third-order valence-electron chi connectivity index (χ3n) is 2.55. The van der Waals surface area contributed by atoms with Crippen LogP contribution in [0.2, 0.25) is 0 Å². The normalized spacial score (nSPS) is 18.6. The first-order valence-electron chi connectivity index (χ1n) is 5.49. The van der Waals surface area contributed by atoms with Gasteiger partial charge in [-0.1, -0.05) is 30.3 Å². The fourth-order valence-electron chi connectivity index (χ4n) is 1.74. The summed E-state index contributed by atoms with van der Waals surface area (Å²) >= 11 is 0. The number of allylic oxidation sites excluding steroid dienone is 1. The minimum absolute atomic E-state index is 0.0533. The van der Waals surface area contributed by atoms with Crippen LogP contribution in [0.1, 0.15) is 12.5 Å². The molecule has 0 N–H and O–H groups in total. The van der Waals surface area contributed by atoms with E-state index in [1.807, 2.05) is 18.2 Å². The first-order chi connectivity index (χ1) is 8.22. The lowest BCUT2D eigenvalue weighted by Gasteiger charge is -2.00. The summed E-state index contributed by atoms with van der Waals surface area (Å²) in [4.78, 5) is 13.1. The van der Waals surface area contributed by atoms with Gasteiger partial charge < -0.3 is 9.64 Å². The van der Waals surface area contributed by atoms with Gasteiger partial charge in [0.15, 0.2) is 5.78 Å². The monoisotopic (exact) mass is 229 g/mol. The number of benzene rings is 1. The Morgan fingerprint density at radius 1 is 1.29 bits per heavy atom. The summed E-state index contributed by atoms with van der Waals surface area (Å²) in [7, 11) is 1.61. The van der Waals surface area contributed by atoms with Gasteiger partial charge >= 0.3 is 0 Å². The van der Waals surface area contributed by atoms with Gasteiger partial charge in [0.25, 0.3) is 0 Å². The zero-order valence-electron chi connectivity index (χ0n) is 10.0. The lowest BCUT2D eigenvalue weighted by atomic mass is 10.2. The van der Waals surface area contributed by atoms with Crippen molar-refractivity contribution in [3.05, 3.63) is 59.6 Å². The van der Waals surface area contributed by atoms with E-state index in [2.05, 4.69) is 17.0 Å². The standard InChI is InChI=1S/C14H15NO2/c1-11(16)8-13-14(10-17-2)15(13)9-12-6-4-3-5-7-12/h3-8,10H,9H2,1-2H3/b13-8+,14-10?. The van der Waals surface area contributed by atoms with Crippen LogP contribution in [0, 0.1) is 0 Å². The molecule has 0 bridgehead atoms. The molecule has 0 amide bonds. The van der Waals surface area contributed by atoms with Gasteiger partial charge in [-0.15, -0.1) is 0 Å². The smallest absolute Gasteiger partial charge is 0.154 e. The molecule has 0 atom stereocenters. The predicted molar refractivity (Wildman–Crippen MR) is 65.8 cm³/mol. The molecule has 0 saturated carbocycles. The van der Waals surface area contributed by atoms with Crippen molar-refractivity contribution in [2.75, 3.05) is 7.11 Å². The van der Waals surface area contributed by atoms with E-state index >= 15 is 0 Å². The van der Waals surface area contributed by atoms with Crippen LogP contribution in [0.3, 0.4) is 0 Å². The highest BCUT2D eigenvalue weighted by Crippen LogP contribution is 2.39. The van der Waals surface area contributed by atoms with E-state index in [1.54, 1.807) is 26.4 Å². The molecule has 1 aromatic rings. The Kier molecular flexibility index (Phi) is 3.28. The highest BCUT2D eigenvalue weighted by atomic mass is 16.5. The Bertz CT molecular complexity index is 474. The van der Waals surface area contributed by atoms with Crippen LogP contribution < -0.4 is 0 Å². The second-order valence-electron chi connectivity index (χ2n) is 3.95. The van der Waals surface area contributed by atoms with Crippen molar-refractivity contribution >= 4 is 5.78 Å². The van der Waals surface area contributed by atoms with E-state index in [-0.39, 0.29) is 5.78 Å². The van der Waals surface area contributed by atoms with Crippen LogP contribution in [0.4, 0.5) is 0 Å². The van der Waals surface area contributed by atoms with Gasteiger partial charge in [-0.3, -0.25) is 4.79 Å². The number of methoxy groups -OCH3 is 1. The molecular weight excluding hydrogens is 214 g/mol. The molecule has 17 heavy (non-hydrogen) atoms. The molecule has 0 radical (unpaired) electrons. The van der Waals surface area contributed by atoms with Crippen LogP contribution in [0.15, 0.2) is 54.1 Å². The molecule has 2 rings (SSSR count). The minimum atomic E-state index is 0.0533. The van der Waals surface area contributed by atoms with Crippen molar-refractivity contribution in [3.8, 4) is 0 Å². The Balaban J connectivity index is 2.12. The van der Waals surface area contributed by atoms with Crippen molar-refractivity contribution in [1.29, 1.82) is 0 Å². The van der Waals surface area contributed by atoms with E-state index in [1.165, 1.54) is 5.56 Å². The van der Waals surface area contributed by atoms with E-state index < -0.39 is 0 Å². The van der Waals surface area contributed by atoms with Gasteiger partial charge in [0, 0.05) is 12.6 Å². The van der Waals surface area contributed by atoms with Gasteiger partial charge in [0.2, 0.25) is 0 Å². The summed E-state index contributed by atoms with van der Waals surface area (Å²) in [6.07, 6.45) is 3.30. The number of hydrogen-bond donors (Lipinski definition) is 0. The highest BCUT2D eigenvalue weighted by molar-refractivity contribution is 5.89. The minimum Gasteiger partial charge on any atom is -0.502 e. The number of nitrogens with zero attached hydrogens (tertiary/aromatic N) is 1. The second-order valence-corrected chi connectivity index (χ2v) is 3.95. The molecule has 1 aromatic carbocycles. The molecule has 88 valence electrons. The molecule has 3 nitrogen and oxygen atoms in total. The maximum atomic E-state index is 11.1. The number of ketones is 1. The van der Waals surface area contributed by atoms with Gasteiger partial charge in [-0.25, -0.2) is 0 Å². The van der Waals surface area contributed by atoms with Gasteiger partial charge in [0.05, 0.1) is 12.8 Å². The zero-order valence-corrected chi connectivity index (χ0v) is 10.0. The van der Waals surface area contributed by atoms with Crippen molar-refractivity contribution in [3.63, 3.8) is 0 Å². The third-order valence-corrected chi connectivity index (χ3v) is 2.55. The molecule has 0 aromatic heterocycles. The summed E-state index contributed by atoms with van der Waals surface area (Å²) < 4.78 is 4.99. The fourth-order valence-corrected chi connectivity index (χ4v) is 1.74. The summed E-state index contributed by atoms with van der Waals surface area (Å²) in [5.41, 5.74) is 3.14. The largest absolute Gasteiger partial charge is 0.502 e. The van der Waals surface area contributed by atoms with E-state index in [4.69, 9.17) is 4.74 Å². The highest BCUT2D eigenvalue weighted by Gasteiger charge is 2.34. The third kappa shape index (κ3) is 2.75. The molecule has 3 heteroatoms. The molecule has 1 saturated heterocycles. The number of rotatable bonds is 4. The average Bonchev–Trinajstić information content (AvgIpc) is 2.92. The Morgan fingerprint density at radius 3 is 2.59 bits per heavy atom. The summed E-state index contributed by atoms with van der Waals surface area (Å²) in [6.45, 7) is 2.32. The number of carbonyl (C=O) groups is 1. The van der Waals surface area contributed by atoms with E-state index in [0.29, 0.717) is 0 Å². The number of hydrogen-bond acceptors (Lipinski definition) is 3. The van der Waals surface area contributed by atoms with Crippen molar-refractivity contribution < 1.29 is 9.53 Å². The fraction of sp³-hybridized carbons (Fsp3) is 0.214. The quantitative estimate of drug-likeness (QED) is 0.451. The Hall–Kier alpha value is -2.03. The predicted octanol–water partition coefficient (Wildman–Crippen LogP) is 2.46. The van der Waals surface area contributed by atoms with Crippen LogP contribution in [0.5, 0.6) is 0 Å². The maximum absolute atomic E-state index is 11.1. The summed E-state index contributed by atoms with van der Waals surface area (Å²) in [5.74, 6) is 0.0533. The van der Waals surface area contributed by atoms with Gasteiger partial charge in [-0.05, 0) is 12.5 Å². The maximum Gasteiger partial charge on any atom is 0.154 e. The van der Waals surface area contributed by atoms with Crippen LogP contribution in [0.25, 0.3) is 0 Å². The average molecular weight is 229 g/mol. The Morgan fingerprint density at radius 2 is 2.00 bits per heavy atom. The van der Waals surface area contributed by atoms with E-state index in [0.717, 1.165) is 17.9 Å². The van der Waals surface area contributed by atoms with Crippen LogP contribution >= 0.6 is 0 Å². The summed E-state index contributed by atoms with van der Waals surface area (Å²) in [6, 6.07) is 10.1. The molecular formula is C14H15NO2. The lowest BCUT2D eigenvalue weighted by Crippen LogP contribution is -1.95. The first kappa shape index (κ1) is 11.5. The molecule has 1 aliphatic rings. The number of carbonyl (C=O) groups excluding carboxylic acids is 1. The second kappa shape index (κ2) is 4.87. The number of ether oxygens (including phenoxy) is 1. The van der Waals surface area contributed by atoms with Gasteiger partial charge in [-0.2, -0.15) is 0 Å². The van der Waals surface area contributed by atoms with Crippen molar-refractivity contribution in [2.24, 2.45) is 0 Å². The first-order valence-corrected chi connectivity index (χ1v) is 5.49. The topological polar surface area (TPSA) is 29.3 Å². The SMILES string of the molecule is COC=C1/C(=C\C(C)=O)N1Cc1ccccc1. The molecule has 0 unspecified atom stereocenters. The van der Waals surface area contributed by atoms with E-state index in [9.17, 15) is 4.79 Å². The molecule has 0 spiro atoms. The lowest BCUT2D eigenvalue weighted by molar-refractivity contribution is -0.112. The van der Waals surface area contributed by atoms with Crippen LogP contribution in [-0.2, 0) is 16.1 Å². The molecule has 1 heterocycles.